The molecule has 0 spiro atoms. The second-order valence-corrected chi connectivity index (χ2v) is 2.18. The maximum atomic E-state index is 11.7. The van der Waals surface area contributed by atoms with Crippen LogP contribution in [0.1, 0.15) is 6.42 Å². The van der Waals surface area contributed by atoms with Crippen molar-refractivity contribution in [3.8, 4) is 0 Å². The molecule has 0 N–H and O–H groups in total. The van der Waals surface area contributed by atoms with Crippen molar-refractivity contribution in [3.63, 3.8) is 0 Å². The molecule has 66 valence electrons. The SMILES string of the molecule is FC(F)(F)OC1=CCC=CC=C1. The normalized spacial score (nSPS) is 17.1. The fourth-order valence-corrected chi connectivity index (χ4v) is 0.769. The molecule has 0 aromatic carbocycles. The molecule has 0 fully saturated rings. The van der Waals surface area contributed by atoms with Crippen LogP contribution in [0.3, 0.4) is 0 Å². The van der Waals surface area contributed by atoms with Gasteiger partial charge in [-0.25, -0.2) is 0 Å². The van der Waals surface area contributed by atoms with Crippen LogP contribution in [-0.2, 0) is 4.74 Å². The molecule has 0 radical (unpaired) electrons. The van der Waals surface area contributed by atoms with E-state index >= 15 is 0 Å². The highest BCUT2D eigenvalue weighted by molar-refractivity contribution is 5.21. The quantitative estimate of drug-likeness (QED) is 0.596. The van der Waals surface area contributed by atoms with Gasteiger partial charge >= 0.3 is 6.36 Å². The van der Waals surface area contributed by atoms with Crippen LogP contribution in [0.15, 0.2) is 36.1 Å². The Bertz CT molecular complexity index is 235. The molecule has 0 heterocycles. The van der Waals surface area contributed by atoms with E-state index in [1.807, 2.05) is 0 Å². The minimum absolute atomic E-state index is 0.160. The largest absolute Gasteiger partial charge is 0.573 e. The highest BCUT2D eigenvalue weighted by atomic mass is 19.4. The molecule has 0 amide bonds. The first-order valence-electron chi connectivity index (χ1n) is 3.37. The number of ether oxygens (including phenoxy) is 1. The van der Waals surface area contributed by atoms with Crippen molar-refractivity contribution in [2.75, 3.05) is 0 Å². The second-order valence-electron chi connectivity index (χ2n) is 2.18. The number of alkyl halides is 3. The summed E-state index contributed by atoms with van der Waals surface area (Å²) < 4.78 is 38.7. The summed E-state index contributed by atoms with van der Waals surface area (Å²) in [5, 5.41) is 0. The zero-order valence-electron chi connectivity index (χ0n) is 6.14. The van der Waals surface area contributed by atoms with Crippen LogP contribution < -0.4 is 0 Å². The summed E-state index contributed by atoms with van der Waals surface area (Å²) in [7, 11) is 0. The first-order chi connectivity index (χ1) is 5.58. The molecule has 0 saturated heterocycles. The van der Waals surface area contributed by atoms with E-state index in [2.05, 4.69) is 4.74 Å². The molecule has 0 aliphatic heterocycles. The van der Waals surface area contributed by atoms with Crippen molar-refractivity contribution >= 4 is 0 Å². The van der Waals surface area contributed by atoms with E-state index < -0.39 is 6.36 Å². The molecule has 0 unspecified atom stereocenters. The van der Waals surface area contributed by atoms with E-state index in [4.69, 9.17) is 0 Å². The predicted molar refractivity (Wildman–Crippen MR) is 38.1 cm³/mol. The van der Waals surface area contributed by atoms with Gasteiger partial charge < -0.3 is 4.74 Å². The Morgan fingerprint density at radius 3 is 2.67 bits per heavy atom. The third-order valence-corrected chi connectivity index (χ3v) is 1.20. The molecule has 1 nitrogen and oxygen atoms in total. The lowest BCUT2D eigenvalue weighted by molar-refractivity contribution is -0.303. The third kappa shape index (κ3) is 3.27. The average molecular weight is 176 g/mol. The first kappa shape index (κ1) is 8.90. The Hall–Kier alpha value is -1.19. The summed E-state index contributed by atoms with van der Waals surface area (Å²) in [6.07, 6.45) is 3.42. The van der Waals surface area contributed by atoms with E-state index in [1.54, 1.807) is 12.2 Å². The van der Waals surface area contributed by atoms with Crippen molar-refractivity contribution in [1.82, 2.24) is 0 Å². The summed E-state index contributed by atoms with van der Waals surface area (Å²) in [5.41, 5.74) is 0. The third-order valence-electron chi connectivity index (χ3n) is 1.20. The highest BCUT2D eigenvalue weighted by Gasteiger charge is 2.31. The lowest BCUT2D eigenvalue weighted by atomic mass is 10.3. The van der Waals surface area contributed by atoms with Crippen molar-refractivity contribution in [3.05, 3.63) is 36.1 Å². The minimum Gasteiger partial charge on any atom is -0.406 e. The monoisotopic (exact) mass is 176 g/mol. The molecule has 12 heavy (non-hydrogen) atoms. The Morgan fingerprint density at radius 2 is 2.00 bits per heavy atom. The summed E-state index contributed by atoms with van der Waals surface area (Å²) in [6, 6.07) is 0. The summed E-state index contributed by atoms with van der Waals surface area (Å²) in [4.78, 5) is 0. The van der Waals surface area contributed by atoms with Gasteiger partial charge in [0.25, 0.3) is 0 Å². The van der Waals surface area contributed by atoms with E-state index in [-0.39, 0.29) is 5.76 Å². The molecule has 1 rings (SSSR count). The van der Waals surface area contributed by atoms with E-state index in [9.17, 15) is 13.2 Å². The second kappa shape index (κ2) is 3.47. The Morgan fingerprint density at radius 1 is 1.25 bits per heavy atom. The van der Waals surface area contributed by atoms with Crippen LogP contribution in [0.5, 0.6) is 0 Å². The molecular weight excluding hydrogens is 169 g/mol. The van der Waals surface area contributed by atoms with Gasteiger partial charge in [-0.15, -0.1) is 13.2 Å². The molecule has 0 saturated carbocycles. The lowest BCUT2D eigenvalue weighted by Gasteiger charge is -2.08. The van der Waals surface area contributed by atoms with Crippen LogP contribution in [0.25, 0.3) is 0 Å². The van der Waals surface area contributed by atoms with E-state index in [0.717, 1.165) is 0 Å². The lowest BCUT2D eigenvalue weighted by Crippen LogP contribution is -2.11. The molecule has 0 atom stereocenters. The van der Waals surface area contributed by atoms with Gasteiger partial charge in [-0.05, 0) is 18.6 Å². The van der Waals surface area contributed by atoms with Crippen LogP contribution in [0, 0.1) is 0 Å². The van der Waals surface area contributed by atoms with Crippen LogP contribution in [-0.4, -0.2) is 6.36 Å². The first-order valence-corrected chi connectivity index (χ1v) is 3.37. The van der Waals surface area contributed by atoms with Gasteiger partial charge in [0.1, 0.15) is 5.76 Å². The maximum absolute atomic E-state index is 11.7. The van der Waals surface area contributed by atoms with Gasteiger partial charge in [0.05, 0.1) is 0 Å². The predicted octanol–water partition coefficient (Wildman–Crippen LogP) is 2.92. The number of hydrogen-bond donors (Lipinski definition) is 0. The van der Waals surface area contributed by atoms with Gasteiger partial charge in [-0.2, -0.15) is 0 Å². The standard InChI is InChI=1S/C8H7F3O/c9-8(10,11)12-7-5-3-1-2-4-6-7/h1-3,5-6H,4H2. The fourth-order valence-electron chi connectivity index (χ4n) is 0.769. The highest BCUT2D eigenvalue weighted by Crippen LogP contribution is 2.22. The molecule has 0 aromatic rings. The van der Waals surface area contributed by atoms with Crippen molar-refractivity contribution in [2.24, 2.45) is 0 Å². The smallest absolute Gasteiger partial charge is 0.406 e. The van der Waals surface area contributed by atoms with Crippen molar-refractivity contribution in [2.45, 2.75) is 12.8 Å². The van der Waals surface area contributed by atoms with Gasteiger partial charge in [0.15, 0.2) is 0 Å². The molecule has 1 aliphatic rings. The van der Waals surface area contributed by atoms with Crippen LogP contribution in [0.4, 0.5) is 13.2 Å². The average Bonchev–Trinajstić information content (AvgIpc) is 2.12. The number of hydrogen-bond acceptors (Lipinski definition) is 1. The summed E-state index contributed by atoms with van der Waals surface area (Å²) >= 11 is 0. The van der Waals surface area contributed by atoms with E-state index in [1.165, 1.54) is 18.2 Å². The van der Waals surface area contributed by atoms with Crippen molar-refractivity contribution in [1.29, 1.82) is 0 Å². The molecule has 4 heteroatoms. The van der Waals surface area contributed by atoms with Crippen LogP contribution in [0.2, 0.25) is 0 Å². The van der Waals surface area contributed by atoms with Crippen LogP contribution >= 0.6 is 0 Å². The van der Waals surface area contributed by atoms with E-state index in [0.29, 0.717) is 6.42 Å². The summed E-state index contributed by atoms with van der Waals surface area (Å²) in [5.74, 6) is -0.160. The number of allylic oxidation sites excluding steroid dienone is 5. The maximum Gasteiger partial charge on any atom is 0.573 e. The molecule has 1 aliphatic carbocycles. The fraction of sp³-hybridized carbons (Fsp3) is 0.250. The Kier molecular flexibility index (Phi) is 2.58. The van der Waals surface area contributed by atoms with Gasteiger partial charge in [-0.1, -0.05) is 18.2 Å². The number of halogens is 3. The minimum atomic E-state index is -4.60. The molecule has 0 bridgehead atoms. The van der Waals surface area contributed by atoms with Gasteiger partial charge in [0.2, 0.25) is 0 Å². The zero-order chi connectivity index (χ0) is 9.03. The van der Waals surface area contributed by atoms with Gasteiger partial charge in [-0.3, -0.25) is 0 Å². The Labute approximate surface area is 67.8 Å². The van der Waals surface area contributed by atoms with Gasteiger partial charge in [0, 0.05) is 0 Å². The zero-order valence-corrected chi connectivity index (χ0v) is 6.14. The Balaban J connectivity index is 2.59. The molecular formula is C8H7F3O. The topological polar surface area (TPSA) is 9.23 Å². The number of rotatable bonds is 1. The summed E-state index contributed by atoms with van der Waals surface area (Å²) in [6.45, 7) is 0. The molecule has 0 aromatic heterocycles. The van der Waals surface area contributed by atoms with Crippen molar-refractivity contribution < 1.29 is 17.9 Å².